The lowest BCUT2D eigenvalue weighted by Gasteiger charge is -1.96. The molecular weight excluding hydrogens is 252 g/mol. The fourth-order valence-corrected chi connectivity index (χ4v) is 1.57. The fraction of sp³-hybridized carbons (Fsp3) is 0.0769. The molecule has 0 atom stereocenters. The maximum atomic E-state index is 11.6. The summed E-state index contributed by atoms with van der Waals surface area (Å²) in [6.45, 7) is 1.75. The van der Waals surface area contributed by atoms with E-state index in [1.54, 1.807) is 31.2 Å². The Morgan fingerprint density at radius 3 is 2.94 bits per heavy atom. The molecule has 1 heterocycles. The maximum Gasteiger partial charge on any atom is 0.249 e. The predicted molar refractivity (Wildman–Crippen MR) is 70.4 cm³/mol. The molecule has 0 aliphatic rings. The highest BCUT2D eigenvalue weighted by molar-refractivity contribution is 6.30. The molecule has 0 aliphatic carbocycles. The van der Waals surface area contributed by atoms with E-state index in [1.165, 1.54) is 6.08 Å². The summed E-state index contributed by atoms with van der Waals surface area (Å²) in [6, 6.07) is 8.87. The summed E-state index contributed by atoms with van der Waals surface area (Å²) in [5.74, 6) is 0.764. The first-order chi connectivity index (χ1) is 8.63. The normalized spacial score (nSPS) is 10.8. The lowest BCUT2D eigenvalue weighted by molar-refractivity contribution is -0.111. The van der Waals surface area contributed by atoms with Gasteiger partial charge in [0.2, 0.25) is 5.91 Å². The zero-order valence-corrected chi connectivity index (χ0v) is 10.4. The molecule has 0 aliphatic heterocycles. The van der Waals surface area contributed by atoms with Gasteiger partial charge in [-0.15, -0.1) is 0 Å². The Hall–Kier alpha value is -2.07. The SMILES string of the molecule is Cc1cc(NC(=O)/C=C/c2cccc(Cl)c2)no1. The summed E-state index contributed by atoms with van der Waals surface area (Å²) in [5.41, 5.74) is 0.856. The van der Waals surface area contributed by atoms with Gasteiger partial charge in [-0.25, -0.2) is 0 Å². The van der Waals surface area contributed by atoms with Gasteiger partial charge in [0.25, 0.3) is 0 Å². The second kappa shape index (κ2) is 5.51. The largest absolute Gasteiger partial charge is 0.360 e. The molecule has 0 unspecified atom stereocenters. The van der Waals surface area contributed by atoms with Crippen molar-refractivity contribution in [2.45, 2.75) is 6.92 Å². The number of aromatic nitrogens is 1. The summed E-state index contributed by atoms with van der Waals surface area (Å²) in [5, 5.41) is 6.88. The highest BCUT2D eigenvalue weighted by Crippen LogP contribution is 2.12. The van der Waals surface area contributed by atoms with Crippen molar-refractivity contribution in [2.75, 3.05) is 5.32 Å². The summed E-state index contributed by atoms with van der Waals surface area (Å²) in [4.78, 5) is 11.6. The Morgan fingerprint density at radius 2 is 2.28 bits per heavy atom. The maximum absolute atomic E-state index is 11.6. The van der Waals surface area contributed by atoms with Crippen molar-refractivity contribution in [2.24, 2.45) is 0 Å². The van der Waals surface area contributed by atoms with Gasteiger partial charge in [-0.05, 0) is 30.7 Å². The van der Waals surface area contributed by atoms with Crippen molar-refractivity contribution < 1.29 is 9.32 Å². The third kappa shape index (κ3) is 3.46. The molecule has 1 amide bonds. The number of benzene rings is 1. The molecule has 4 nitrogen and oxygen atoms in total. The molecule has 0 spiro atoms. The molecule has 18 heavy (non-hydrogen) atoms. The van der Waals surface area contributed by atoms with Gasteiger partial charge in [-0.3, -0.25) is 4.79 Å². The molecular formula is C13H11ClN2O2. The van der Waals surface area contributed by atoms with Crippen LogP contribution in [-0.2, 0) is 4.79 Å². The van der Waals surface area contributed by atoms with Crippen molar-refractivity contribution in [3.8, 4) is 0 Å². The van der Waals surface area contributed by atoms with E-state index in [0.717, 1.165) is 5.56 Å². The van der Waals surface area contributed by atoms with E-state index in [-0.39, 0.29) is 5.91 Å². The molecule has 2 aromatic rings. The van der Waals surface area contributed by atoms with Crippen molar-refractivity contribution in [3.63, 3.8) is 0 Å². The summed E-state index contributed by atoms with van der Waals surface area (Å²) in [6.07, 6.45) is 3.09. The first-order valence-corrected chi connectivity index (χ1v) is 5.69. The van der Waals surface area contributed by atoms with Gasteiger partial charge in [0, 0.05) is 17.2 Å². The van der Waals surface area contributed by atoms with E-state index in [0.29, 0.717) is 16.6 Å². The van der Waals surface area contributed by atoms with Crippen LogP contribution >= 0.6 is 11.6 Å². The minimum Gasteiger partial charge on any atom is -0.360 e. The number of hydrogen-bond acceptors (Lipinski definition) is 3. The smallest absolute Gasteiger partial charge is 0.249 e. The Bertz CT molecular complexity index is 590. The number of nitrogens with one attached hydrogen (secondary N) is 1. The van der Waals surface area contributed by atoms with Crippen LogP contribution in [0.1, 0.15) is 11.3 Å². The quantitative estimate of drug-likeness (QED) is 0.864. The van der Waals surface area contributed by atoms with Crippen LogP contribution in [0, 0.1) is 6.92 Å². The van der Waals surface area contributed by atoms with Crippen LogP contribution in [0.2, 0.25) is 5.02 Å². The third-order valence-corrected chi connectivity index (χ3v) is 2.39. The number of carbonyl (C=O) groups excluding carboxylic acids is 1. The number of amides is 1. The topological polar surface area (TPSA) is 55.1 Å². The molecule has 0 fully saturated rings. The highest BCUT2D eigenvalue weighted by Gasteiger charge is 2.02. The Labute approximate surface area is 109 Å². The van der Waals surface area contributed by atoms with E-state index in [4.69, 9.17) is 16.1 Å². The molecule has 5 heteroatoms. The molecule has 2 rings (SSSR count). The predicted octanol–water partition coefficient (Wildman–Crippen LogP) is 3.29. The molecule has 92 valence electrons. The minimum atomic E-state index is -0.275. The number of aryl methyl sites for hydroxylation is 1. The lowest BCUT2D eigenvalue weighted by Crippen LogP contribution is -2.07. The van der Waals surface area contributed by atoms with Crippen LogP contribution in [0.25, 0.3) is 6.08 Å². The van der Waals surface area contributed by atoms with Crippen LogP contribution in [0.15, 0.2) is 40.9 Å². The van der Waals surface area contributed by atoms with Gasteiger partial charge in [0.15, 0.2) is 5.82 Å². The minimum absolute atomic E-state index is 0.275. The first kappa shape index (κ1) is 12.4. The van der Waals surface area contributed by atoms with Crippen LogP contribution in [-0.4, -0.2) is 11.1 Å². The molecule has 1 aromatic carbocycles. The van der Waals surface area contributed by atoms with Crippen LogP contribution in [0.3, 0.4) is 0 Å². The van der Waals surface area contributed by atoms with Crippen molar-refractivity contribution >= 4 is 29.4 Å². The average molecular weight is 263 g/mol. The summed E-state index contributed by atoms with van der Waals surface area (Å²) < 4.78 is 4.84. The number of carbonyl (C=O) groups is 1. The Morgan fingerprint density at radius 1 is 1.44 bits per heavy atom. The second-order valence-electron chi connectivity index (χ2n) is 3.70. The third-order valence-electron chi connectivity index (χ3n) is 2.16. The Balaban J connectivity index is 1.99. The van der Waals surface area contributed by atoms with Crippen LogP contribution in [0.5, 0.6) is 0 Å². The van der Waals surface area contributed by atoms with Gasteiger partial charge in [-0.2, -0.15) is 0 Å². The number of hydrogen-bond donors (Lipinski definition) is 1. The highest BCUT2D eigenvalue weighted by atomic mass is 35.5. The fourth-order valence-electron chi connectivity index (χ4n) is 1.38. The van der Waals surface area contributed by atoms with Gasteiger partial charge >= 0.3 is 0 Å². The second-order valence-corrected chi connectivity index (χ2v) is 4.14. The van der Waals surface area contributed by atoms with Gasteiger partial charge in [0.05, 0.1) is 0 Å². The average Bonchev–Trinajstić information content (AvgIpc) is 2.72. The van der Waals surface area contributed by atoms with Crippen LogP contribution in [0.4, 0.5) is 5.82 Å². The van der Waals surface area contributed by atoms with Crippen molar-refractivity contribution in [1.82, 2.24) is 5.16 Å². The number of halogens is 1. The Kier molecular flexibility index (Phi) is 3.79. The lowest BCUT2D eigenvalue weighted by atomic mass is 10.2. The number of rotatable bonds is 3. The van der Waals surface area contributed by atoms with Gasteiger partial charge in [-0.1, -0.05) is 28.9 Å². The summed E-state index contributed by atoms with van der Waals surface area (Å²) >= 11 is 5.84. The number of anilines is 1. The number of nitrogens with zero attached hydrogens (tertiary/aromatic N) is 1. The molecule has 0 radical (unpaired) electrons. The van der Waals surface area contributed by atoms with E-state index in [1.807, 2.05) is 12.1 Å². The van der Waals surface area contributed by atoms with E-state index in [2.05, 4.69) is 10.5 Å². The van der Waals surface area contributed by atoms with Crippen LogP contribution < -0.4 is 5.32 Å². The molecule has 0 saturated heterocycles. The zero-order chi connectivity index (χ0) is 13.0. The van der Waals surface area contributed by atoms with Gasteiger partial charge < -0.3 is 9.84 Å². The standard InChI is InChI=1S/C13H11ClN2O2/c1-9-7-12(16-18-9)15-13(17)6-5-10-3-2-4-11(14)8-10/h2-8H,1H3,(H,15,16,17)/b6-5+. The molecule has 1 aromatic heterocycles. The zero-order valence-electron chi connectivity index (χ0n) is 9.68. The first-order valence-electron chi connectivity index (χ1n) is 5.31. The monoisotopic (exact) mass is 262 g/mol. The van der Waals surface area contributed by atoms with Crippen molar-refractivity contribution in [3.05, 3.63) is 52.8 Å². The van der Waals surface area contributed by atoms with Gasteiger partial charge in [0.1, 0.15) is 5.76 Å². The summed E-state index contributed by atoms with van der Waals surface area (Å²) in [7, 11) is 0. The van der Waals surface area contributed by atoms with E-state index >= 15 is 0 Å². The van der Waals surface area contributed by atoms with E-state index in [9.17, 15) is 4.79 Å². The molecule has 0 bridgehead atoms. The molecule has 1 N–H and O–H groups in total. The van der Waals surface area contributed by atoms with E-state index < -0.39 is 0 Å². The molecule has 0 saturated carbocycles. The van der Waals surface area contributed by atoms with Crippen molar-refractivity contribution in [1.29, 1.82) is 0 Å².